The normalized spacial score (nSPS) is 11.0. The average molecular weight is 346 g/mol. The highest BCUT2D eigenvalue weighted by molar-refractivity contribution is 6.08. The second-order valence-corrected chi connectivity index (χ2v) is 6.38. The number of rotatable bonds is 2. The summed E-state index contributed by atoms with van der Waals surface area (Å²) in [4.78, 5) is 30.9. The molecule has 2 aromatic heterocycles. The summed E-state index contributed by atoms with van der Waals surface area (Å²) < 4.78 is 0. The van der Waals surface area contributed by atoms with Crippen molar-refractivity contribution in [1.29, 1.82) is 0 Å². The summed E-state index contributed by atoms with van der Waals surface area (Å²) in [6, 6.07) is 13.3. The minimum Gasteiger partial charge on any atom is -0.360 e. The van der Waals surface area contributed by atoms with E-state index in [1.807, 2.05) is 44.2 Å². The number of aromatic nitrogens is 2. The van der Waals surface area contributed by atoms with Crippen molar-refractivity contribution in [3.63, 3.8) is 0 Å². The van der Waals surface area contributed by atoms with Crippen molar-refractivity contribution in [2.24, 2.45) is 0 Å². The van der Waals surface area contributed by atoms with E-state index in [9.17, 15) is 9.59 Å². The van der Waals surface area contributed by atoms with Crippen molar-refractivity contribution < 1.29 is 9.59 Å². The first-order valence-corrected chi connectivity index (χ1v) is 8.29. The minimum absolute atomic E-state index is 0.376. The van der Waals surface area contributed by atoms with Gasteiger partial charge in [0.05, 0.1) is 5.56 Å². The minimum atomic E-state index is -0.397. The monoisotopic (exact) mass is 346 g/mol. The SMILES string of the molecule is Cc1cc(C)c2cc(C(=O)NNC(=O)c3c[nH]c4ccccc34)[nH]c2c1. The van der Waals surface area contributed by atoms with E-state index in [4.69, 9.17) is 0 Å². The van der Waals surface area contributed by atoms with Gasteiger partial charge in [0, 0.05) is 28.0 Å². The van der Waals surface area contributed by atoms with Crippen LogP contribution in [0.4, 0.5) is 0 Å². The first-order chi connectivity index (χ1) is 12.5. The number of hydrogen-bond donors (Lipinski definition) is 4. The molecule has 4 aromatic rings. The lowest BCUT2D eigenvalue weighted by Gasteiger charge is -2.05. The quantitative estimate of drug-likeness (QED) is 0.419. The summed E-state index contributed by atoms with van der Waals surface area (Å²) in [6.07, 6.45) is 1.63. The summed E-state index contributed by atoms with van der Waals surface area (Å²) >= 11 is 0. The van der Waals surface area contributed by atoms with E-state index < -0.39 is 5.91 Å². The lowest BCUT2D eigenvalue weighted by molar-refractivity contribution is 0.0845. The average Bonchev–Trinajstić information content (AvgIpc) is 3.23. The second kappa shape index (κ2) is 6.07. The maximum atomic E-state index is 12.4. The van der Waals surface area contributed by atoms with E-state index in [0.29, 0.717) is 11.3 Å². The molecule has 0 saturated heterocycles. The number of amides is 2. The number of fused-ring (bicyclic) bond motifs is 2. The van der Waals surface area contributed by atoms with Crippen molar-refractivity contribution >= 4 is 33.6 Å². The number of nitrogens with one attached hydrogen (secondary N) is 4. The summed E-state index contributed by atoms with van der Waals surface area (Å²) in [7, 11) is 0. The van der Waals surface area contributed by atoms with E-state index in [-0.39, 0.29) is 5.91 Å². The molecule has 6 heteroatoms. The molecule has 0 bridgehead atoms. The molecule has 4 rings (SSSR count). The van der Waals surface area contributed by atoms with Crippen LogP contribution in [0.3, 0.4) is 0 Å². The summed E-state index contributed by atoms with van der Waals surface area (Å²) in [6.45, 7) is 4.01. The largest absolute Gasteiger partial charge is 0.360 e. The number of para-hydroxylation sites is 1. The fraction of sp³-hybridized carbons (Fsp3) is 0.100. The number of aromatic amines is 2. The second-order valence-electron chi connectivity index (χ2n) is 6.38. The van der Waals surface area contributed by atoms with Crippen LogP contribution in [0.2, 0.25) is 0 Å². The summed E-state index contributed by atoms with van der Waals surface area (Å²) in [5.74, 6) is -0.773. The smallest absolute Gasteiger partial charge is 0.286 e. The Morgan fingerprint density at radius 3 is 2.50 bits per heavy atom. The van der Waals surface area contributed by atoms with Crippen LogP contribution >= 0.6 is 0 Å². The van der Waals surface area contributed by atoms with Crippen LogP contribution < -0.4 is 10.9 Å². The number of carbonyl (C=O) groups excluding carboxylic acids is 2. The predicted molar refractivity (Wildman–Crippen MR) is 101 cm³/mol. The molecule has 0 unspecified atom stereocenters. The summed E-state index contributed by atoms with van der Waals surface area (Å²) in [5, 5.41) is 1.79. The molecule has 0 aliphatic heterocycles. The van der Waals surface area contributed by atoms with Crippen molar-refractivity contribution in [1.82, 2.24) is 20.8 Å². The Morgan fingerprint density at radius 1 is 0.885 bits per heavy atom. The molecule has 0 saturated carbocycles. The molecular formula is C20H18N4O2. The zero-order valence-electron chi connectivity index (χ0n) is 14.4. The lowest BCUT2D eigenvalue weighted by Crippen LogP contribution is -2.41. The number of carbonyl (C=O) groups is 2. The van der Waals surface area contributed by atoms with Gasteiger partial charge in [0.25, 0.3) is 11.8 Å². The van der Waals surface area contributed by atoms with Crippen LogP contribution in [0.1, 0.15) is 32.0 Å². The third kappa shape index (κ3) is 2.71. The van der Waals surface area contributed by atoms with Crippen LogP contribution in [0, 0.1) is 13.8 Å². The molecule has 0 aliphatic carbocycles. The first kappa shape index (κ1) is 16.0. The highest BCUT2D eigenvalue weighted by atomic mass is 16.2. The standard InChI is InChI=1S/C20H18N4O2/c1-11-7-12(2)14-9-18(22-17(14)8-11)20(26)24-23-19(25)15-10-21-16-6-4-3-5-13(15)16/h3-10,21-22H,1-2H3,(H,23,25)(H,24,26). The Hall–Kier alpha value is -3.54. The van der Waals surface area contributed by atoms with Crippen LogP contribution in [-0.4, -0.2) is 21.8 Å². The molecule has 0 fully saturated rings. The van der Waals surface area contributed by atoms with Crippen molar-refractivity contribution in [2.45, 2.75) is 13.8 Å². The van der Waals surface area contributed by atoms with Gasteiger partial charge in [-0.1, -0.05) is 24.3 Å². The third-order valence-corrected chi connectivity index (χ3v) is 4.46. The fourth-order valence-corrected chi connectivity index (χ4v) is 3.23. The molecule has 2 heterocycles. The predicted octanol–water partition coefficient (Wildman–Crippen LogP) is 3.34. The zero-order valence-corrected chi connectivity index (χ0v) is 14.4. The Morgan fingerprint density at radius 2 is 1.65 bits per heavy atom. The van der Waals surface area contributed by atoms with Gasteiger partial charge in [-0.25, -0.2) is 0 Å². The molecule has 4 N–H and O–H groups in total. The van der Waals surface area contributed by atoms with Gasteiger partial charge < -0.3 is 9.97 Å². The van der Waals surface area contributed by atoms with Gasteiger partial charge in [0.15, 0.2) is 0 Å². The molecule has 2 amide bonds. The van der Waals surface area contributed by atoms with Gasteiger partial charge in [-0.2, -0.15) is 0 Å². The number of H-pyrrole nitrogens is 2. The van der Waals surface area contributed by atoms with Gasteiger partial charge >= 0.3 is 0 Å². The van der Waals surface area contributed by atoms with Gasteiger partial charge in [-0.3, -0.25) is 20.4 Å². The molecule has 0 atom stereocenters. The number of aryl methyl sites for hydroxylation is 2. The molecule has 130 valence electrons. The van der Waals surface area contributed by atoms with Gasteiger partial charge in [0.1, 0.15) is 5.69 Å². The van der Waals surface area contributed by atoms with Crippen LogP contribution in [0.5, 0.6) is 0 Å². The number of hydrogen-bond acceptors (Lipinski definition) is 2. The summed E-state index contributed by atoms with van der Waals surface area (Å²) in [5.41, 5.74) is 9.78. The lowest BCUT2D eigenvalue weighted by atomic mass is 10.1. The molecule has 0 spiro atoms. The maximum absolute atomic E-state index is 12.4. The van der Waals surface area contributed by atoms with E-state index >= 15 is 0 Å². The van der Waals surface area contributed by atoms with Crippen molar-refractivity contribution in [3.8, 4) is 0 Å². The van der Waals surface area contributed by atoms with E-state index in [1.165, 1.54) is 0 Å². The molecule has 0 radical (unpaired) electrons. The topological polar surface area (TPSA) is 89.8 Å². The fourth-order valence-electron chi connectivity index (χ4n) is 3.23. The number of hydrazine groups is 1. The maximum Gasteiger partial charge on any atom is 0.286 e. The third-order valence-electron chi connectivity index (χ3n) is 4.46. The Kier molecular flexibility index (Phi) is 3.73. The zero-order chi connectivity index (χ0) is 18.3. The van der Waals surface area contributed by atoms with Crippen LogP contribution in [0.25, 0.3) is 21.8 Å². The number of benzene rings is 2. The highest BCUT2D eigenvalue weighted by Gasteiger charge is 2.15. The van der Waals surface area contributed by atoms with Gasteiger partial charge in [-0.05, 0) is 43.2 Å². The van der Waals surface area contributed by atoms with E-state index in [0.717, 1.165) is 32.9 Å². The van der Waals surface area contributed by atoms with Crippen LogP contribution in [0.15, 0.2) is 48.7 Å². The molecule has 6 nitrogen and oxygen atoms in total. The van der Waals surface area contributed by atoms with Crippen molar-refractivity contribution in [2.75, 3.05) is 0 Å². The van der Waals surface area contributed by atoms with E-state index in [1.54, 1.807) is 12.3 Å². The Balaban J connectivity index is 1.52. The molecule has 26 heavy (non-hydrogen) atoms. The molecular weight excluding hydrogens is 328 g/mol. The highest BCUT2D eigenvalue weighted by Crippen LogP contribution is 2.21. The molecule has 2 aromatic carbocycles. The first-order valence-electron chi connectivity index (χ1n) is 8.29. The van der Waals surface area contributed by atoms with Crippen molar-refractivity contribution in [3.05, 3.63) is 71.0 Å². The van der Waals surface area contributed by atoms with Gasteiger partial charge in [0.2, 0.25) is 0 Å². The van der Waals surface area contributed by atoms with Crippen LogP contribution in [-0.2, 0) is 0 Å². The van der Waals surface area contributed by atoms with E-state index in [2.05, 4.69) is 26.9 Å². The Labute approximate surface area is 149 Å². The Bertz CT molecular complexity index is 1150. The molecule has 0 aliphatic rings. The van der Waals surface area contributed by atoms with Gasteiger partial charge in [-0.15, -0.1) is 0 Å².